The van der Waals surface area contributed by atoms with E-state index in [1.165, 1.54) is 10.4 Å². The van der Waals surface area contributed by atoms with Gasteiger partial charge in [-0.3, -0.25) is 0 Å². The Morgan fingerprint density at radius 2 is 1.46 bits per heavy atom. The first-order chi connectivity index (χ1) is 13.4. The molecule has 0 aromatic heterocycles. The average molecular weight is 397 g/mol. The molecule has 0 bridgehead atoms. The van der Waals surface area contributed by atoms with Crippen molar-refractivity contribution in [2.75, 3.05) is 13.2 Å². The molecule has 2 aromatic carbocycles. The molecule has 0 saturated heterocycles. The van der Waals surface area contributed by atoms with Crippen LogP contribution < -0.4 is 10.4 Å². The predicted molar refractivity (Wildman–Crippen MR) is 118 cm³/mol. The highest BCUT2D eigenvalue weighted by atomic mass is 28.4. The maximum absolute atomic E-state index is 10.00. The Morgan fingerprint density at radius 3 is 1.93 bits per heavy atom. The lowest BCUT2D eigenvalue weighted by molar-refractivity contribution is 0.208. The van der Waals surface area contributed by atoms with Gasteiger partial charge in [0.25, 0.3) is 8.32 Å². The minimum absolute atomic E-state index is 0.0862. The maximum Gasteiger partial charge on any atom is 0.262 e. The summed E-state index contributed by atoms with van der Waals surface area (Å²) in [6, 6.07) is 20.9. The second kappa shape index (κ2) is 10.6. The van der Waals surface area contributed by atoms with Crippen molar-refractivity contribution >= 4 is 18.7 Å². The van der Waals surface area contributed by atoms with E-state index in [0.29, 0.717) is 12.8 Å². The number of rotatable bonds is 8. The Bertz CT molecular complexity index is 718. The zero-order valence-electron chi connectivity index (χ0n) is 17.2. The Kier molecular flexibility index (Phi) is 8.47. The van der Waals surface area contributed by atoms with Crippen molar-refractivity contribution in [3.63, 3.8) is 0 Å². The van der Waals surface area contributed by atoms with Gasteiger partial charge in [-0.25, -0.2) is 0 Å². The van der Waals surface area contributed by atoms with Crippen LogP contribution in [-0.4, -0.2) is 37.8 Å². The van der Waals surface area contributed by atoms with Crippen LogP contribution in [0, 0.1) is 11.8 Å². The van der Waals surface area contributed by atoms with Crippen LogP contribution in [0.15, 0.2) is 60.7 Å². The molecule has 2 N–H and O–H groups in total. The molecule has 0 aliphatic heterocycles. The summed E-state index contributed by atoms with van der Waals surface area (Å²) in [5, 5.41) is 21.2. The van der Waals surface area contributed by atoms with Gasteiger partial charge in [-0.2, -0.15) is 0 Å². The highest BCUT2D eigenvalue weighted by molar-refractivity contribution is 6.99. The van der Waals surface area contributed by atoms with Gasteiger partial charge in [0, 0.05) is 6.61 Å². The molecule has 0 fully saturated rings. The smallest absolute Gasteiger partial charge is 0.262 e. The van der Waals surface area contributed by atoms with Crippen LogP contribution in [0.3, 0.4) is 0 Å². The van der Waals surface area contributed by atoms with Gasteiger partial charge in [0.1, 0.15) is 6.10 Å². The van der Waals surface area contributed by atoms with Crippen molar-refractivity contribution in [2.45, 2.75) is 51.2 Å². The summed E-state index contributed by atoms with van der Waals surface area (Å²) in [5.41, 5.74) is 0. The topological polar surface area (TPSA) is 49.7 Å². The predicted octanol–water partition coefficient (Wildman–Crippen LogP) is 3.09. The second-order valence-corrected chi connectivity index (χ2v) is 12.3. The van der Waals surface area contributed by atoms with Gasteiger partial charge in [-0.05, 0) is 34.7 Å². The summed E-state index contributed by atoms with van der Waals surface area (Å²) in [7, 11) is -2.57. The van der Waals surface area contributed by atoms with Crippen LogP contribution in [0.4, 0.5) is 0 Å². The quantitative estimate of drug-likeness (QED) is 0.410. The van der Waals surface area contributed by atoms with Crippen molar-refractivity contribution in [1.82, 2.24) is 0 Å². The lowest BCUT2D eigenvalue weighted by atomic mass is 10.1. The van der Waals surface area contributed by atoms with Gasteiger partial charge in [0.2, 0.25) is 0 Å². The van der Waals surface area contributed by atoms with Crippen molar-refractivity contribution < 1.29 is 14.6 Å². The standard InChI is InChI=1S/C24H32O3Si/c1-24(2,3)28(22-15-6-4-7-16-22,23-17-8-5-9-18-23)27-20-12-14-21(26)13-10-11-19-25/h4-9,15-18,21,25-26H,10-11,13,19-20H2,1-3H3. The van der Waals surface area contributed by atoms with Gasteiger partial charge >= 0.3 is 0 Å². The molecule has 3 nitrogen and oxygen atoms in total. The first-order valence-electron chi connectivity index (χ1n) is 9.94. The van der Waals surface area contributed by atoms with Crippen LogP contribution >= 0.6 is 0 Å². The number of hydrogen-bond acceptors (Lipinski definition) is 3. The van der Waals surface area contributed by atoms with Crippen LogP contribution in [0.1, 0.15) is 40.0 Å². The van der Waals surface area contributed by atoms with Gasteiger partial charge in [-0.15, -0.1) is 0 Å². The first-order valence-corrected chi connectivity index (χ1v) is 11.8. The summed E-state index contributed by atoms with van der Waals surface area (Å²) in [6.07, 6.45) is 1.36. The van der Waals surface area contributed by atoms with E-state index in [1.54, 1.807) is 0 Å². The van der Waals surface area contributed by atoms with Gasteiger partial charge in [-0.1, -0.05) is 93.3 Å². The largest absolute Gasteiger partial charge is 0.396 e. The molecule has 0 spiro atoms. The average Bonchev–Trinajstić information content (AvgIpc) is 2.69. The van der Waals surface area contributed by atoms with Crippen LogP contribution in [-0.2, 0) is 4.43 Å². The minimum atomic E-state index is -2.57. The number of benzene rings is 2. The zero-order chi connectivity index (χ0) is 20.5. The SMILES string of the molecule is CC(C)(C)[Si](OCC#CC(O)CCCCO)(c1ccccc1)c1ccccc1. The molecular weight excluding hydrogens is 364 g/mol. The fraction of sp³-hybridized carbons (Fsp3) is 0.417. The molecule has 0 saturated carbocycles. The first kappa shape index (κ1) is 22.4. The summed E-state index contributed by atoms with van der Waals surface area (Å²) < 4.78 is 6.66. The van der Waals surface area contributed by atoms with Gasteiger partial charge in [0.15, 0.2) is 0 Å². The van der Waals surface area contributed by atoms with Crippen LogP contribution in [0.2, 0.25) is 5.04 Å². The summed E-state index contributed by atoms with van der Waals surface area (Å²) in [5.74, 6) is 5.92. The molecule has 0 aliphatic rings. The third-order valence-corrected chi connectivity index (χ3v) is 9.91. The molecule has 4 heteroatoms. The van der Waals surface area contributed by atoms with E-state index >= 15 is 0 Å². The Labute approximate surface area is 170 Å². The molecule has 1 unspecified atom stereocenters. The van der Waals surface area contributed by atoms with Crippen molar-refractivity contribution in [3.8, 4) is 11.8 Å². The molecular formula is C24H32O3Si. The van der Waals surface area contributed by atoms with E-state index < -0.39 is 14.4 Å². The Morgan fingerprint density at radius 1 is 0.929 bits per heavy atom. The lowest BCUT2D eigenvalue weighted by Crippen LogP contribution is -2.66. The van der Waals surface area contributed by atoms with E-state index in [4.69, 9.17) is 9.53 Å². The van der Waals surface area contributed by atoms with E-state index in [2.05, 4.69) is 81.1 Å². The summed E-state index contributed by atoms with van der Waals surface area (Å²) in [6.45, 7) is 7.13. The van der Waals surface area contributed by atoms with Gasteiger partial charge in [0.05, 0.1) is 6.61 Å². The normalized spacial score (nSPS) is 12.9. The minimum Gasteiger partial charge on any atom is -0.396 e. The molecule has 0 radical (unpaired) electrons. The number of aliphatic hydroxyl groups excluding tert-OH is 2. The highest BCUT2D eigenvalue weighted by Gasteiger charge is 2.49. The molecule has 2 rings (SSSR count). The fourth-order valence-corrected chi connectivity index (χ4v) is 8.03. The number of aliphatic hydroxyl groups is 2. The Hall–Kier alpha value is -1.90. The van der Waals surface area contributed by atoms with Crippen molar-refractivity contribution in [1.29, 1.82) is 0 Å². The molecule has 0 aliphatic carbocycles. The van der Waals surface area contributed by atoms with E-state index in [9.17, 15) is 5.11 Å². The molecule has 0 heterocycles. The Balaban J connectivity index is 2.30. The third-order valence-electron chi connectivity index (χ3n) is 4.93. The molecule has 28 heavy (non-hydrogen) atoms. The van der Waals surface area contributed by atoms with Crippen LogP contribution in [0.5, 0.6) is 0 Å². The molecule has 2 aromatic rings. The summed E-state index contributed by atoms with van der Waals surface area (Å²) >= 11 is 0. The molecule has 1 atom stereocenters. The van der Waals surface area contributed by atoms with E-state index in [0.717, 1.165) is 6.42 Å². The monoisotopic (exact) mass is 396 g/mol. The highest BCUT2D eigenvalue weighted by Crippen LogP contribution is 2.36. The van der Waals surface area contributed by atoms with Crippen LogP contribution in [0.25, 0.3) is 0 Å². The maximum atomic E-state index is 10.00. The van der Waals surface area contributed by atoms with E-state index in [-0.39, 0.29) is 18.3 Å². The fourth-order valence-electron chi connectivity index (χ4n) is 3.59. The molecule has 0 amide bonds. The van der Waals surface area contributed by atoms with E-state index in [1.807, 2.05) is 12.1 Å². The second-order valence-electron chi connectivity index (χ2n) is 8.01. The summed E-state index contributed by atoms with van der Waals surface area (Å²) in [4.78, 5) is 0. The zero-order valence-corrected chi connectivity index (χ0v) is 18.2. The van der Waals surface area contributed by atoms with Crippen molar-refractivity contribution in [3.05, 3.63) is 60.7 Å². The number of unbranched alkanes of at least 4 members (excludes halogenated alkanes) is 1. The molecule has 150 valence electrons. The number of hydrogen-bond donors (Lipinski definition) is 2. The third kappa shape index (κ3) is 5.56. The lowest BCUT2D eigenvalue weighted by Gasteiger charge is -2.42. The van der Waals surface area contributed by atoms with Gasteiger partial charge < -0.3 is 14.6 Å². The van der Waals surface area contributed by atoms with Crippen molar-refractivity contribution in [2.24, 2.45) is 0 Å².